The molecule has 2 amide bonds. The van der Waals surface area contributed by atoms with Gasteiger partial charge < -0.3 is 10.6 Å². The van der Waals surface area contributed by atoms with Gasteiger partial charge in [0, 0.05) is 22.3 Å². The van der Waals surface area contributed by atoms with Crippen LogP contribution in [-0.4, -0.2) is 11.8 Å². The maximum atomic E-state index is 13.3. The second-order valence-electron chi connectivity index (χ2n) is 5.03. The fourth-order valence-electron chi connectivity index (χ4n) is 2.43. The molecule has 4 nitrogen and oxygen atoms in total. The normalized spacial score (nSPS) is 16.6. The van der Waals surface area contributed by atoms with Gasteiger partial charge in [-0.15, -0.1) is 0 Å². The number of rotatable bonds is 2. The smallest absolute Gasteiger partial charge is 0.232 e. The third-order valence-corrected chi connectivity index (χ3v) is 4.01. The van der Waals surface area contributed by atoms with Crippen molar-refractivity contribution in [3.8, 4) is 0 Å². The maximum Gasteiger partial charge on any atom is 0.232 e. The van der Waals surface area contributed by atoms with Gasteiger partial charge in [0.25, 0.3) is 0 Å². The van der Waals surface area contributed by atoms with Crippen molar-refractivity contribution in [1.29, 1.82) is 0 Å². The van der Waals surface area contributed by atoms with Gasteiger partial charge in [-0.25, -0.2) is 4.39 Å². The molecule has 1 heterocycles. The van der Waals surface area contributed by atoms with E-state index in [1.165, 1.54) is 18.2 Å². The van der Waals surface area contributed by atoms with E-state index < -0.39 is 11.7 Å². The van der Waals surface area contributed by atoms with E-state index in [4.69, 9.17) is 0 Å². The number of hydrogen-bond donors (Lipinski definition) is 2. The number of carbonyl (C=O) groups excluding carboxylic acids is 2. The van der Waals surface area contributed by atoms with Crippen LogP contribution in [0.1, 0.15) is 17.9 Å². The molecule has 2 N–H and O–H groups in total. The molecule has 0 aliphatic carbocycles. The van der Waals surface area contributed by atoms with E-state index in [9.17, 15) is 14.0 Å². The number of carbonyl (C=O) groups is 2. The van der Waals surface area contributed by atoms with Crippen molar-refractivity contribution in [1.82, 2.24) is 0 Å². The molecule has 112 valence electrons. The second-order valence-corrected chi connectivity index (χ2v) is 5.95. The summed E-state index contributed by atoms with van der Waals surface area (Å²) in [6.45, 7) is 0. The lowest BCUT2D eigenvalue weighted by molar-refractivity contribution is -0.123. The number of hydrogen-bond acceptors (Lipinski definition) is 2. The van der Waals surface area contributed by atoms with Crippen molar-refractivity contribution < 1.29 is 14.0 Å². The quantitative estimate of drug-likeness (QED) is 0.856. The molecule has 1 aliphatic rings. The van der Waals surface area contributed by atoms with E-state index in [0.29, 0.717) is 16.9 Å². The largest absolute Gasteiger partial charge is 0.326 e. The Labute approximate surface area is 134 Å². The van der Waals surface area contributed by atoms with Gasteiger partial charge in [-0.2, -0.15) is 0 Å². The van der Waals surface area contributed by atoms with Crippen LogP contribution >= 0.6 is 15.9 Å². The minimum absolute atomic E-state index is 0.0427. The Bertz CT molecular complexity index is 746. The standard InChI is InChI=1S/C16H12BrFN2O2/c17-9-1-4-11(5-2-9)19-16(22)13-8-15(21)20-14-7-10(18)3-6-12(13)14/h1-7,13H,8H2,(H,19,22)(H,20,21)/t13-/m0/s1. The molecule has 0 radical (unpaired) electrons. The monoisotopic (exact) mass is 362 g/mol. The SMILES string of the molecule is O=C1C[C@H](C(=O)Nc2ccc(Br)cc2)c2ccc(F)cc2N1. The van der Waals surface area contributed by atoms with Crippen LogP contribution in [0.3, 0.4) is 0 Å². The van der Waals surface area contributed by atoms with Gasteiger partial charge in [0.1, 0.15) is 5.82 Å². The van der Waals surface area contributed by atoms with E-state index >= 15 is 0 Å². The van der Waals surface area contributed by atoms with Crippen LogP contribution in [0.4, 0.5) is 15.8 Å². The summed E-state index contributed by atoms with van der Waals surface area (Å²) >= 11 is 3.32. The first kappa shape index (κ1) is 14.7. The van der Waals surface area contributed by atoms with Crippen molar-refractivity contribution >= 4 is 39.1 Å². The summed E-state index contributed by atoms with van der Waals surface area (Å²) in [6.07, 6.45) is 0.0427. The highest BCUT2D eigenvalue weighted by molar-refractivity contribution is 9.10. The minimum atomic E-state index is -0.631. The van der Waals surface area contributed by atoms with Gasteiger partial charge in [0.15, 0.2) is 0 Å². The molecule has 2 aromatic carbocycles. The lowest BCUT2D eigenvalue weighted by atomic mass is 9.89. The topological polar surface area (TPSA) is 58.2 Å². The summed E-state index contributed by atoms with van der Waals surface area (Å²) in [7, 11) is 0. The van der Waals surface area contributed by atoms with E-state index in [2.05, 4.69) is 26.6 Å². The zero-order chi connectivity index (χ0) is 15.7. The molecule has 0 unspecified atom stereocenters. The zero-order valence-corrected chi connectivity index (χ0v) is 13.0. The average Bonchev–Trinajstić information content (AvgIpc) is 2.48. The van der Waals surface area contributed by atoms with Crippen LogP contribution in [0.25, 0.3) is 0 Å². The minimum Gasteiger partial charge on any atom is -0.326 e. The molecule has 0 bridgehead atoms. The molecule has 6 heteroatoms. The number of nitrogens with one attached hydrogen (secondary N) is 2. The lowest BCUT2D eigenvalue weighted by Crippen LogP contribution is -2.30. The summed E-state index contributed by atoms with van der Waals surface area (Å²) in [5, 5.41) is 5.37. The number of benzene rings is 2. The molecule has 0 aromatic heterocycles. The van der Waals surface area contributed by atoms with Crippen LogP contribution in [-0.2, 0) is 9.59 Å². The van der Waals surface area contributed by atoms with Crippen molar-refractivity contribution in [2.24, 2.45) is 0 Å². The first-order chi connectivity index (χ1) is 10.5. The summed E-state index contributed by atoms with van der Waals surface area (Å²) in [6, 6.07) is 11.2. The number of anilines is 2. The molecule has 0 saturated heterocycles. The molecular formula is C16H12BrFN2O2. The van der Waals surface area contributed by atoms with Crippen molar-refractivity contribution in [3.05, 3.63) is 58.3 Å². The van der Waals surface area contributed by atoms with Gasteiger partial charge in [-0.05, 0) is 42.0 Å². The Kier molecular flexibility index (Phi) is 3.94. The highest BCUT2D eigenvalue weighted by atomic mass is 79.9. The summed E-state index contributed by atoms with van der Waals surface area (Å²) in [5.74, 6) is -1.67. The average molecular weight is 363 g/mol. The Morgan fingerprint density at radius 2 is 1.95 bits per heavy atom. The van der Waals surface area contributed by atoms with Crippen LogP contribution in [0.5, 0.6) is 0 Å². The van der Waals surface area contributed by atoms with Crippen molar-refractivity contribution in [3.63, 3.8) is 0 Å². The fraction of sp³-hybridized carbons (Fsp3) is 0.125. The molecule has 0 spiro atoms. The third kappa shape index (κ3) is 3.01. The van der Waals surface area contributed by atoms with Gasteiger partial charge in [-0.1, -0.05) is 22.0 Å². The third-order valence-electron chi connectivity index (χ3n) is 3.48. The van der Waals surface area contributed by atoms with Crippen molar-refractivity contribution in [2.75, 3.05) is 10.6 Å². The Hall–Kier alpha value is -2.21. The predicted octanol–water partition coefficient (Wildman–Crippen LogP) is 3.65. The summed E-state index contributed by atoms with van der Waals surface area (Å²) in [5.41, 5.74) is 1.62. The summed E-state index contributed by atoms with van der Waals surface area (Å²) in [4.78, 5) is 24.2. The zero-order valence-electron chi connectivity index (χ0n) is 11.4. The van der Waals surface area contributed by atoms with Gasteiger partial charge in [-0.3, -0.25) is 9.59 Å². The Morgan fingerprint density at radius 3 is 2.68 bits per heavy atom. The lowest BCUT2D eigenvalue weighted by Gasteiger charge is -2.24. The molecule has 3 rings (SSSR count). The van der Waals surface area contributed by atoms with Crippen LogP contribution < -0.4 is 10.6 Å². The van der Waals surface area contributed by atoms with Gasteiger partial charge in [0.05, 0.1) is 5.92 Å². The molecular weight excluding hydrogens is 351 g/mol. The Morgan fingerprint density at radius 1 is 1.23 bits per heavy atom. The Balaban J connectivity index is 1.86. The van der Waals surface area contributed by atoms with E-state index in [-0.39, 0.29) is 18.2 Å². The van der Waals surface area contributed by atoms with E-state index in [0.717, 1.165) is 4.47 Å². The second kappa shape index (κ2) is 5.88. The fourth-order valence-corrected chi connectivity index (χ4v) is 2.70. The molecule has 1 atom stereocenters. The molecule has 0 fully saturated rings. The predicted molar refractivity (Wildman–Crippen MR) is 85.2 cm³/mol. The van der Waals surface area contributed by atoms with Gasteiger partial charge in [0.2, 0.25) is 11.8 Å². The van der Waals surface area contributed by atoms with Gasteiger partial charge >= 0.3 is 0 Å². The number of fused-ring (bicyclic) bond motifs is 1. The maximum absolute atomic E-state index is 13.3. The highest BCUT2D eigenvalue weighted by Gasteiger charge is 2.30. The molecule has 2 aromatic rings. The number of halogens is 2. The van der Waals surface area contributed by atoms with Crippen LogP contribution in [0.2, 0.25) is 0 Å². The molecule has 22 heavy (non-hydrogen) atoms. The molecule has 0 saturated carbocycles. The van der Waals surface area contributed by atoms with Crippen LogP contribution in [0.15, 0.2) is 46.9 Å². The first-order valence-electron chi connectivity index (χ1n) is 6.68. The van der Waals surface area contributed by atoms with E-state index in [1.54, 1.807) is 12.1 Å². The van der Waals surface area contributed by atoms with E-state index in [1.807, 2.05) is 12.1 Å². The first-order valence-corrected chi connectivity index (χ1v) is 7.48. The van der Waals surface area contributed by atoms with Crippen molar-refractivity contribution in [2.45, 2.75) is 12.3 Å². The number of amides is 2. The summed E-state index contributed by atoms with van der Waals surface area (Å²) < 4.78 is 14.2. The highest BCUT2D eigenvalue weighted by Crippen LogP contribution is 2.33. The molecule has 1 aliphatic heterocycles. The van der Waals surface area contributed by atoms with Crippen LogP contribution in [0, 0.1) is 5.82 Å².